The first kappa shape index (κ1) is 14.8. The average Bonchev–Trinajstić information content (AvgIpc) is 2.23. The number of amides is 1. The van der Waals surface area contributed by atoms with Crippen LogP contribution in [-0.4, -0.2) is 21.1 Å². The summed E-state index contributed by atoms with van der Waals surface area (Å²) in [6.07, 6.45) is -0.582. The van der Waals surface area contributed by atoms with Gasteiger partial charge in [0.25, 0.3) is 9.05 Å². The van der Waals surface area contributed by atoms with E-state index in [-0.39, 0.29) is 11.5 Å². The first-order chi connectivity index (χ1) is 8.27. The molecule has 0 unspecified atom stereocenters. The Balaban J connectivity index is 3.13. The van der Waals surface area contributed by atoms with Gasteiger partial charge >= 0.3 is 6.09 Å². The Morgan fingerprint density at radius 2 is 1.94 bits per heavy atom. The molecule has 1 N–H and O–H groups in total. The number of carbonyl (C=O) groups is 1. The van der Waals surface area contributed by atoms with Crippen molar-refractivity contribution in [1.29, 1.82) is 0 Å². The number of anilines is 1. The van der Waals surface area contributed by atoms with E-state index in [2.05, 4.69) is 5.32 Å². The lowest BCUT2D eigenvalue weighted by Gasteiger charge is -2.12. The molecular formula is C11H14ClNO4S. The Hall–Kier alpha value is -1.27. The van der Waals surface area contributed by atoms with Crippen molar-refractivity contribution in [1.82, 2.24) is 0 Å². The smallest absolute Gasteiger partial charge is 0.411 e. The van der Waals surface area contributed by atoms with Gasteiger partial charge < -0.3 is 4.74 Å². The maximum atomic E-state index is 11.3. The molecular weight excluding hydrogens is 278 g/mol. The number of carbonyl (C=O) groups excluding carboxylic acids is 1. The zero-order valence-electron chi connectivity index (χ0n) is 10.3. The summed E-state index contributed by atoms with van der Waals surface area (Å²) in [5.41, 5.74) is 1.62. The predicted molar refractivity (Wildman–Crippen MR) is 69.6 cm³/mol. The number of nitrogens with one attached hydrogen (secondary N) is 1. The topological polar surface area (TPSA) is 72.5 Å². The number of halogens is 1. The fourth-order valence-electron chi connectivity index (χ4n) is 1.47. The Labute approximate surface area is 111 Å². The minimum absolute atomic E-state index is 0.0380. The molecule has 100 valence electrons. The molecule has 5 nitrogen and oxygen atoms in total. The summed E-state index contributed by atoms with van der Waals surface area (Å²) in [7, 11) is 1.52. The van der Waals surface area contributed by atoms with Gasteiger partial charge in [-0.2, -0.15) is 0 Å². The van der Waals surface area contributed by atoms with Crippen LogP contribution in [0, 0.1) is 13.8 Å². The van der Waals surface area contributed by atoms with Gasteiger partial charge in [0.15, 0.2) is 0 Å². The molecule has 0 saturated carbocycles. The minimum Gasteiger partial charge on any atom is -0.450 e. The Morgan fingerprint density at radius 1 is 1.33 bits per heavy atom. The largest absolute Gasteiger partial charge is 0.450 e. The summed E-state index contributed by atoms with van der Waals surface area (Å²) in [4.78, 5) is 11.3. The van der Waals surface area contributed by atoms with Crippen molar-refractivity contribution in [3.05, 3.63) is 23.3 Å². The van der Waals surface area contributed by atoms with Gasteiger partial charge in [0.05, 0.1) is 11.5 Å². The Bertz CT molecular complexity index is 569. The van der Waals surface area contributed by atoms with Gasteiger partial charge in [0.2, 0.25) is 0 Å². The summed E-state index contributed by atoms with van der Waals surface area (Å²) in [5, 5.41) is 2.53. The SMILES string of the molecule is CCOC(=O)Nc1ccc(S(=O)(=O)Cl)c(C)c1C. The van der Waals surface area contributed by atoms with Gasteiger partial charge in [-0.15, -0.1) is 0 Å². The Kier molecular flexibility index (Phi) is 4.59. The molecule has 7 heteroatoms. The van der Waals surface area contributed by atoms with Crippen molar-refractivity contribution in [2.75, 3.05) is 11.9 Å². The molecule has 0 aliphatic heterocycles. The highest BCUT2D eigenvalue weighted by Crippen LogP contribution is 2.27. The van der Waals surface area contributed by atoms with E-state index in [0.717, 1.165) is 0 Å². The van der Waals surface area contributed by atoms with Crippen LogP contribution in [0.25, 0.3) is 0 Å². The summed E-state index contributed by atoms with van der Waals surface area (Å²) in [6.45, 7) is 5.28. The standard InChI is InChI=1S/C11H14ClNO4S/c1-4-17-11(14)13-9-5-6-10(18(12,15)16)8(3)7(9)2/h5-6H,4H2,1-3H3,(H,13,14). The molecule has 0 heterocycles. The third-order valence-corrected chi connectivity index (χ3v) is 3.98. The quantitative estimate of drug-likeness (QED) is 0.869. The van der Waals surface area contributed by atoms with E-state index in [9.17, 15) is 13.2 Å². The summed E-state index contributed by atoms with van der Waals surface area (Å²) in [6, 6.07) is 2.83. The third kappa shape index (κ3) is 3.36. The second-order valence-corrected chi connectivity index (χ2v) is 6.18. The molecule has 0 aromatic heterocycles. The van der Waals surface area contributed by atoms with Crippen LogP contribution >= 0.6 is 10.7 Å². The van der Waals surface area contributed by atoms with E-state index in [0.29, 0.717) is 16.8 Å². The molecule has 0 radical (unpaired) electrons. The van der Waals surface area contributed by atoms with Crippen LogP contribution in [0.1, 0.15) is 18.1 Å². The van der Waals surface area contributed by atoms with Crippen LogP contribution in [0.2, 0.25) is 0 Å². The molecule has 1 aromatic carbocycles. The van der Waals surface area contributed by atoms with Gasteiger partial charge in [-0.25, -0.2) is 13.2 Å². The average molecular weight is 292 g/mol. The predicted octanol–water partition coefficient (Wildman–Crippen LogP) is 2.80. The molecule has 0 aliphatic rings. The van der Waals surface area contributed by atoms with Crippen molar-refractivity contribution in [2.24, 2.45) is 0 Å². The zero-order chi connectivity index (χ0) is 13.9. The number of rotatable bonds is 3. The normalized spacial score (nSPS) is 11.1. The van der Waals surface area contributed by atoms with Gasteiger partial charge in [-0.3, -0.25) is 5.32 Å². The molecule has 1 aromatic rings. The summed E-state index contributed by atoms with van der Waals surface area (Å²) in [5.74, 6) is 0. The molecule has 18 heavy (non-hydrogen) atoms. The maximum Gasteiger partial charge on any atom is 0.411 e. The lowest BCUT2D eigenvalue weighted by molar-refractivity contribution is 0.168. The van der Waals surface area contributed by atoms with Crippen molar-refractivity contribution < 1.29 is 17.9 Å². The number of hydrogen-bond acceptors (Lipinski definition) is 4. The van der Waals surface area contributed by atoms with Gasteiger partial charge in [-0.05, 0) is 44.0 Å². The Morgan fingerprint density at radius 3 is 2.44 bits per heavy atom. The lowest BCUT2D eigenvalue weighted by Crippen LogP contribution is -2.14. The highest BCUT2D eigenvalue weighted by atomic mass is 35.7. The number of hydrogen-bond donors (Lipinski definition) is 1. The second kappa shape index (κ2) is 5.58. The monoisotopic (exact) mass is 291 g/mol. The lowest BCUT2D eigenvalue weighted by atomic mass is 10.1. The highest BCUT2D eigenvalue weighted by molar-refractivity contribution is 8.13. The van der Waals surface area contributed by atoms with Crippen molar-refractivity contribution in [2.45, 2.75) is 25.7 Å². The summed E-state index contributed by atoms with van der Waals surface area (Å²) < 4.78 is 27.3. The van der Waals surface area contributed by atoms with Crippen LogP contribution in [0.3, 0.4) is 0 Å². The molecule has 0 atom stereocenters. The van der Waals surface area contributed by atoms with Crippen LogP contribution in [0.15, 0.2) is 17.0 Å². The number of ether oxygens (including phenoxy) is 1. The van der Waals surface area contributed by atoms with Gasteiger partial charge in [0, 0.05) is 16.4 Å². The molecule has 1 amide bonds. The van der Waals surface area contributed by atoms with E-state index in [1.165, 1.54) is 12.1 Å². The van der Waals surface area contributed by atoms with Crippen LogP contribution < -0.4 is 5.32 Å². The van der Waals surface area contributed by atoms with E-state index >= 15 is 0 Å². The molecule has 0 spiro atoms. The first-order valence-electron chi connectivity index (χ1n) is 5.26. The van der Waals surface area contributed by atoms with E-state index in [1.807, 2.05) is 0 Å². The van der Waals surface area contributed by atoms with Crippen molar-refractivity contribution in [3.8, 4) is 0 Å². The van der Waals surface area contributed by atoms with E-state index in [4.69, 9.17) is 15.4 Å². The van der Waals surface area contributed by atoms with E-state index in [1.54, 1.807) is 20.8 Å². The van der Waals surface area contributed by atoms with Gasteiger partial charge in [0.1, 0.15) is 0 Å². The van der Waals surface area contributed by atoms with Gasteiger partial charge in [-0.1, -0.05) is 0 Å². The third-order valence-electron chi connectivity index (χ3n) is 2.51. The fraction of sp³-hybridized carbons (Fsp3) is 0.364. The molecule has 0 saturated heterocycles. The van der Waals surface area contributed by atoms with Crippen molar-refractivity contribution >= 4 is 31.5 Å². The fourth-order valence-corrected chi connectivity index (χ4v) is 2.72. The van der Waals surface area contributed by atoms with E-state index < -0.39 is 15.1 Å². The summed E-state index contributed by atoms with van der Waals surface area (Å²) >= 11 is 0. The molecule has 0 fully saturated rings. The molecule has 0 aliphatic carbocycles. The van der Waals surface area contributed by atoms with Crippen LogP contribution in [-0.2, 0) is 13.8 Å². The minimum atomic E-state index is -3.78. The first-order valence-corrected chi connectivity index (χ1v) is 7.57. The van der Waals surface area contributed by atoms with Crippen LogP contribution in [0.4, 0.5) is 10.5 Å². The zero-order valence-corrected chi connectivity index (χ0v) is 11.9. The number of benzene rings is 1. The van der Waals surface area contributed by atoms with Crippen LogP contribution in [0.5, 0.6) is 0 Å². The second-order valence-electron chi connectivity index (χ2n) is 3.64. The molecule has 1 rings (SSSR count). The molecule has 0 bridgehead atoms. The van der Waals surface area contributed by atoms with Crippen molar-refractivity contribution in [3.63, 3.8) is 0 Å². The highest BCUT2D eigenvalue weighted by Gasteiger charge is 2.17. The maximum absolute atomic E-state index is 11.3.